The third-order valence-electron chi connectivity index (χ3n) is 5.71. The van der Waals surface area contributed by atoms with Crippen LogP contribution >= 0.6 is 12.4 Å². The number of rotatable bonds is 6. The van der Waals surface area contributed by atoms with Crippen LogP contribution < -0.4 is 22.1 Å². The van der Waals surface area contributed by atoms with Gasteiger partial charge in [0.25, 0.3) is 0 Å². The number of guanidine groups is 1. The molecule has 2 amide bonds. The number of allylic oxidation sites excluding steroid dienone is 1. The van der Waals surface area contributed by atoms with E-state index < -0.39 is 24.0 Å². The lowest BCUT2D eigenvalue weighted by molar-refractivity contribution is -0.145. The lowest BCUT2D eigenvalue weighted by Gasteiger charge is -2.22. The fraction of sp³-hybridized carbons (Fsp3) is 0.417. The topological polar surface area (TPSA) is 154 Å². The molecule has 0 radical (unpaired) electrons. The smallest absolute Gasteiger partial charge is 0.328 e. The van der Waals surface area contributed by atoms with Gasteiger partial charge in [-0.15, -0.1) is 12.4 Å². The Kier molecular flexibility index (Phi) is 10.6. The van der Waals surface area contributed by atoms with Crippen molar-refractivity contribution < 1.29 is 19.1 Å². The van der Waals surface area contributed by atoms with E-state index in [1.807, 2.05) is 42.6 Å². The van der Waals surface area contributed by atoms with E-state index in [0.717, 1.165) is 16.5 Å². The molecule has 0 saturated carbocycles. The highest BCUT2D eigenvalue weighted by atomic mass is 35.5. The number of hydrogen-bond donors (Lipinski definition) is 4. The van der Waals surface area contributed by atoms with E-state index in [4.69, 9.17) is 16.2 Å². The Labute approximate surface area is 210 Å². The number of halogens is 1. The highest BCUT2D eigenvalue weighted by Gasteiger charge is 2.27. The molecule has 3 rings (SSSR count). The Morgan fingerprint density at radius 3 is 2.69 bits per heavy atom. The molecule has 2 aromatic rings. The summed E-state index contributed by atoms with van der Waals surface area (Å²) in [5.74, 6) is -1.23. The lowest BCUT2D eigenvalue weighted by Crippen LogP contribution is -2.52. The molecular weight excluding hydrogens is 472 g/mol. The average Bonchev–Trinajstić information content (AvgIpc) is 3.15. The van der Waals surface area contributed by atoms with Crippen molar-refractivity contribution in [2.75, 3.05) is 13.7 Å². The molecule has 10 nitrogen and oxygen atoms in total. The summed E-state index contributed by atoms with van der Waals surface area (Å²) in [7, 11) is 1.28. The van der Waals surface area contributed by atoms with Crippen molar-refractivity contribution in [1.29, 1.82) is 0 Å². The molecule has 1 aromatic heterocycles. The number of nitrogens with two attached hydrogens (primary N) is 2. The molecule has 0 unspecified atom stereocenters. The third kappa shape index (κ3) is 7.74. The van der Waals surface area contributed by atoms with Gasteiger partial charge < -0.3 is 31.4 Å². The van der Waals surface area contributed by atoms with Crippen LogP contribution in [0.2, 0.25) is 0 Å². The number of carbonyl (C=O) groups is 3. The highest BCUT2D eigenvalue weighted by Crippen LogP contribution is 2.22. The van der Waals surface area contributed by atoms with Crippen LogP contribution in [0, 0.1) is 0 Å². The molecule has 11 heteroatoms. The second-order valence-electron chi connectivity index (χ2n) is 8.21. The van der Waals surface area contributed by atoms with Crippen molar-refractivity contribution in [1.82, 2.24) is 15.2 Å². The van der Waals surface area contributed by atoms with Gasteiger partial charge in [0.05, 0.1) is 13.5 Å². The van der Waals surface area contributed by atoms with Crippen molar-refractivity contribution in [2.24, 2.45) is 16.5 Å². The molecule has 1 aromatic carbocycles. The summed E-state index contributed by atoms with van der Waals surface area (Å²) in [6.45, 7) is 1.00. The quantitative estimate of drug-likeness (QED) is 0.152. The van der Waals surface area contributed by atoms with Crippen molar-refractivity contribution in [3.63, 3.8) is 0 Å². The zero-order valence-electron chi connectivity index (χ0n) is 19.7. The molecule has 2 atom stereocenters. The maximum absolute atomic E-state index is 13.0. The maximum Gasteiger partial charge on any atom is 0.328 e. The van der Waals surface area contributed by atoms with Crippen molar-refractivity contribution in [3.8, 4) is 0 Å². The standard InChI is InChI=1S/C24H32N6O4.ClH/c1-34-23(33)19-10-5-7-13-30-15-16(17-8-2-3-11-20(17)30)14-21(31)28-18(22(32)29-19)9-4-6-12-27-24(25)26;/h2-3,5,7-8,11,15,18-19H,4,6,9-10,12-14H2,1H3,(H,28,31)(H,29,32)(H4,25,26,27);1H/t18-,19+;/m0./s1. The maximum atomic E-state index is 13.0. The fourth-order valence-corrected chi connectivity index (χ4v) is 4.02. The van der Waals surface area contributed by atoms with Gasteiger partial charge in [0, 0.05) is 30.2 Å². The van der Waals surface area contributed by atoms with Crippen LogP contribution in [0.3, 0.4) is 0 Å². The van der Waals surface area contributed by atoms with Gasteiger partial charge in [0.2, 0.25) is 11.8 Å². The summed E-state index contributed by atoms with van der Waals surface area (Å²) in [5, 5.41) is 6.57. The molecule has 0 fully saturated rings. The largest absolute Gasteiger partial charge is 0.467 e. The van der Waals surface area contributed by atoms with E-state index in [-0.39, 0.29) is 37.1 Å². The summed E-state index contributed by atoms with van der Waals surface area (Å²) >= 11 is 0. The number of fused-ring (bicyclic) bond motifs is 5. The Bertz CT molecular complexity index is 1090. The number of benzene rings is 1. The number of ether oxygens (including phenoxy) is 1. The zero-order valence-corrected chi connectivity index (χ0v) is 20.6. The number of amides is 2. The predicted molar refractivity (Wildman–Crippen MR) is 137 cm³/mol. The van der Waals surface area contributed by atoms with Gasteiger partial charge in [-0.2, -0.15) is 0 Å². The van der Waals surface area contributed by atoms with Gasteiger partial charge in [-0.3, -0.25) is 14.6 Å². The molecule has 2 heterocycles. The van der Waals surface area contributed by atoms with Gasteiger partial charge in [-0.25, -0.2) is 4.79 Å². The van der Waals surface area contributed by atoms with Crippen molar-refractivity contribution in [3.05, 3.63) is 48.2 Å². The Hall–Kier alpha value is -3.53. The van der Waals surface area contributed by atoms with E-state index in [1.54, 1.807) is 0 Å². The molecule has 190 valence electrons. The van der Waals surface area contributed by atoms with Gasteiger partial charge in [-0.1, -0.05) is 30.4 Å². The van der Waals surface area contributed by atoms with Crippen molar-refractivity contribution in [2.45, 2.75) is 50.7 Å². The summed E-state index contributed by atoms with van der Waals surface area (Å²) in [5.41, 5.74) is 12.6. The fourth-order valence-electron chi connectivity index (χ4n) is 4.02. The van der Waals surface area contributed by atoms with Gasteiger partial charge in [0.1, 0.15) is 12.1 Å². The van der Waals surface area contributed by atoms with E-state index in [2.05, 4.69) is 20.2 Å². The van der Waals surface area contributed by atoms with Crippen LogP contribution in [0.1, 0.15) is 31.2 Å². The Morgan fingerprint density at radius 2 is 1.94 bits per heavy atom. The molecule has 1 aliphatic rings. The minimum Gasteiger partial charge on any atom is -0.467 e. The van der Waals surface area contributed by atoms with Crippen molar-refractivity contribution >= 4 is 47.1 Å². The van der Waals surface area contributed by atoms with Gasteiger partial charge in [-0.05, 0) is 37.3 Å². The van der Waals surface area contributed by atoms with Gasteiger partial charge >= 0.3 is 5.97 Å². The first-order valence-corrected chi connectivity index (χ1v) is 11.3. The summed E-state index contributed by atoms with van der Waals surface area (Å²) in [6.07, 6.45) is 7.79. The minimum atomic E-state index is -0.852. The van der Waals surface area contributed by atoms with E-state index in [9.17, 15) is 14.4 Å². The van der Waals surface area contributed by atoms with Crippen LogP contribution in [-0.4, -0.2) is 54.0 Å². The number of nitrogens with one attached hydrogen (secondary N) is 2. The van der Waals surface area contributed by atoms with Gasteiger partial charge in [0.15, 0.2) is 5.96 Å². The van der Waals surface area contributed by atoms with E-state index >= 15 is 0 Å². The number of hydrogen-bond acceptors (Lipinski definition) is 5. The normalized spacial score (nSPS) is 18.5. The third-order valence-corrected chi connectivity index (χ3v) is 5.71. The first-order valence-electron chi connectivity index (χ1n) is 11.3. The first-order chi connectivity index (χ1) is 16.4. The van der Waals surface area contributed by atoms with E-state index in [1.165, 1.54) is 7.11 Å². The SMILES string of the molecule is COC(=O)[C@H]1CC=CCn2cc(c3ccccc32)CC(=O)N[C@@H](CCCCN=C(N)N)C(=O)N1.Cl. The number of unbranched alkanes of at least 4 members (excludes halogenated alkanes) is 1. The van der Waals surface area contributed by atoms with Crippen LogP contribution in [0.25, 0.3) is 10.9 Å². The molecule has 35 heavy (non-hydrogen) atoms. The number of methoxy groups -OCH3 is 1. The molecule has 0 spiro atoms. The number of para-hydroxylation sites is 1. The van der Waals surface area contributed by atoms with Crippen LogP contribution in [0.15, 0.2) is 47.6 Å². The molecule has 0 saturated heterocycles. The Balaban J connectivity index is 0.00000432. The molecular formula is C24H33ClN6O4. The predicted octanol–water partition coefficient (Wildman–Crippen LogP) is 1.15. The lowest BCUT2D eigenvalue weighted by atomic mass is 10.1. The molecule has 1 aliphatic heterocycles. The summed E-state index contributed by atoms with van der Waals surface area (Å²) in [6, 6.07) is 6.22. The minimum absolute atomic E-state index is 0. The summed E-state index contributed by atoms with van der Waals surface area (Å²) < 4.78 is 6.92. The number of carbonyl (C=O) groups excluding carboxylic acids is 3. The van der Waals surface area contributed by atoms with E-state index in [0.29, 0.717) is 32.4 Å². The first kappa shape index (κ1) is 27.7. The monoisotopic (exact) mass is 504 g/mol. The number of aliphatic imine (C=N–C) groups is 1. The summed E-state index contributed by atoms with van der Waals surface area (Å²) in [4.78, 5) is 42.2. The Morgan fingerprint density at radius 1 is 1.17 bits per heavy atom. The number of nitrogens with zero attached hydrogens (tertiary/aromatic N) is 2. The van der Waals surface area contributed by atoms with Crippen LogP contribution in [0.5, 0.6) is 0 Å². The van der Waals surface area contributed by atoms with Crippen LogP contribution in [-0.2, 0) is 32.1 Å². The second kappa shape index (κ2) is 13.4. The average molecular weight is 505 g/mol. The number of aromatic nitrogens is 1. The zero-order chi connectivity index (χ0) is 24.5. The number of esters is 1. The molecule has 0 aliphatic carbocycles. The van der Waals surface area contributed by atoms with Crippen LogP contribution in [0.4, 0.5) is 0 Å². The molecule has 2 bridgehead atoms. The molecule has 6 N–H and O–H groups in total. The second-order valence-corrected chi connectivity index (χ2v) is 8.21. The highest BCUT2D eigenvalue weighted by molar-refractivity contribution is 5.93.